The highest BCUT2D eigenvalue weighted by molar-refractivity contribution is 7.91. The van der Waals surface area contributed by atoms with E-state index in [1.807, 2.05) is 36.2 Å². The van der Waals surface area contributed by atoms with Crippen molar-refractivity contribution in [1.29, 1.82) is 0 Å². The zero-order chi connectivity index (χ0) is 18.9. The average molecular weight is 393 g/mol. The van der Waals surface area contributed by atoms with Gasteiger partial charge in [0.1, 0.15) is 0 Å². The molecule has 3 heterocycles. The lowest BCUT2D eigenvalue weighted by molar-refractivity contribution is -0.0441. The zero-order valence-corrected chi connectivity index (χ0v) is 16.0. The van der Waals surface area contributed by atoms with E-state index in [1.54, 1.807) is 4.68 Å². The lowest BCUT2D eigenvalue weighted by atomic mass is 10.1. The van der Waals surface area contributed by atoms with Crippen molar-refractivity contribution in [3.05, 3.63) is 35.4 Å². The molecule has 4 rings (SSSR count). The van der Waals surface area contributed by atoms with E-state index in [2.05, 4.69) is 15.5 Å². The molecule has 1 atom stereocenters. The maximum Gasteiger partial charge on any atom is 0.245 e. The molecule has 0 radical (unpaired) electrons. The standard InChI is InChI=1S/C17H23N5O4S/c1-21(10-14-5-8-27(23,24)12-14)17-18-19-20-22(17)11-13-3-2-4-15(9-13)16-25-6-7-26-16/h2-4,9,14,16H,5-8,10-12H2,1H3. The summed E-state index contributed by atoms with van der Waals surface area (Å²) in [6.07, 6.45) is 0.378. The van der Waals surface area contributed by atoms with Crippen molar-refractivity contribution < 1.29 is 17.9 Å². The number of nitrogens with zero attached hydrogens (tertiary/aromatic N) is 5. The van der Waals surface area contributed by atoms with E-state index in [-0.39, 0.29) is 23.7 Å². The van der Waals surface area contributed by atoms with Crippen molar-refractivity contribution >= 4 is 15.8 Å². The highest BCUT2D eigenvalue weighted by atomic mass is 32.2. The summed E-state index contributed by atoms with van der Waals surface area (Å²) in [5.74, 6) is 1.25. The van der Waals surface area contributed by atoms with Gasteiger partial charge in [-0.05, 0) is 34.4 Å². The molecular weight excluding hydrogens is 370 g/mol. The number of ether oxygens (including phenoxy) is 2. The predicted octanol–water partition coefficient (Wildman–Crippen LogP) is 0.638. The van der Waals surface area contributed by atoms with Gasteiger partial charge in [0.25, 0.3) is 0 Å². The summed E-state index contributed by atoms with van der Waals surface area (Å²) in [5, 5.41) is 12.0. The highest BCUT2D eigenvalue weighted by Crippen LogP contribution is 2.25. The Balaban J connectivity index is 1.45. The molecule has 0 aliphatic carbocycles. The highest BCUT2D eigenvalue weighted by Gasteiger charge is 2.29. The van der Waals surface area contributed by atoms with Crippen LogP contribution in [0.25, 0.3) is 0 Å². The van der Waals surface area contributed by atoms with E-state index in [0.717, 1.165) is 11.1 Å². The summed E-state index contributed by atoms with van der Waals surface area (Å²) < 4.78 is 36.2. The maximum atomic E-state index is 11.7. The van der Waals surface area contributed by atoms with Gasteiger partial charge in [-0.1, -0.05) is 23.3 Å². The second-order valence-corrected chi connectivity index (χ2v) is 9.33. The van der Waals surface area contributed by atoms with Crippen LogP contribution < -0.4 is 4.90 Å². The van der Waals surface area contributed by atoms with Gasteiger partial charge in [0.15, 0.2) is 16.1 Å². The number of sulfone groups is 1. The monoisotopic (exact) mass is 393 g/mol. The molecule has 10 heteroatoms. The van der Waals surface area contributed by atoms with Crippen molar-refractivity contribution in [3.63, 3.8) is 0 Å². The van der Waals surface area contributed by atoms with Crippen LogP contribution in [-0.2, 0) is 25.9 Å². The first-order valence-electron chi connectivity index (χ1n) is 9.00. The topological polar surface area (TPSA) is 99.4 Å². The third-order valence-corrected chi connectivity index (χ3v) is 6.73. The predicted molar refractivity (Wildman–Crippen MR) is 98.0 cm³/mol. The molecule has 2 fully saturated rings. The summed E-state index contributed by atoms with van der Waals surface area (Å²) in [5.41, 5.74) is 2.01. The number of anilines is 1. The third-order valence-electron chi connectivity index (χ3n) is 4.89. The largest absolute Gasteiger partial charge is 0.346 e. The van der Waals surface area contributed by atoms with Gasteiger partial charge in [-0.3, -0.25) is 0 Å². The molecule has 146 valence electrons. The molecule has 27 heavy (non-hydrogen) atoms. The third kappa shape index (κ3) is 4.28. The van der Waals surface area contributed by atoms with Crippen molar-refractivity contribution in [2.45, 2.75) is 19.3 Å². The van der Waals surface area contributed by atoms with Crippen LogP contribution in [0.15, 0.2) is 24.3 Å². The first-order chi connectivity index (χ1) is 13.0. The molecule has 1 aromatic carbocycles. The van der Waals surface area contributed by atoms with Crippen molar-refractivity contribution in [3.8, 4) is 0 Å². The molecule has 2 aliphatic rings. The second kappa shape index (κ2) is 7.53. The van der Waals surface area contributed by atoms with E-state index in [1.165, 1.54) is 0 Å². The van der Waals surface area contributed by atoms with Gasteiger partial charge in [-0.2, -0.15) is 0 Å². The van der Waals surface area contributed by atoms with Gasteiger partial charge >= 0.3 is 0 Å². The van der Waals surface area contributed by atoms with Gasteiger partial charge < -0.3 is 14.4 Å². The van der Waals surface area contributed by atoms with Crippen LogP contribution in [0.2, 0.25) is 0 Å². The van der Waals surface area contributed by atoms with Crippen molar-refractivity contribution in [2.24, 2.45) is 5.92 Å². The quantitative estimate of drug-likeness (QED) is 0.705. The van der Waals surface area contributed by atoms with E-state index < -0.39 is 9.84 Å². The molecule has 2 aliphatic heterocycles. The van der Waals surface area contributed by atoms with Gasteiger partial charge in [0, 0.05) is 19.2 Å². The maximum absolute atomic E-state index is 11.7. The second-order valence-electron chi connectivity index (χ2n) is 7.10. The molecule has 0 bridgehead atoms. The Morgan fingerprint density at radius 1 is 1.30 bits per heavy atom. The van der Waals surface area contributed by atoms with E-state index in [9.17, 15) is 8.42 Å². The van der Waals surface area contributed by atoms with Gasteiger partial charge in [-0.15, -0.1) is 0 Å². The van der Waals surface area contributed by atoms with Crippen LogP contribution in [-0.4, -0.2) is 66.9 Å². The molecule has 2 aromatic rings. The number of benzene rings is 1. The molecule has 0 spiro atoms. The van der Waals surface area contributed by atoms with Crippen LogP contribution in [0.4, 0.5) is 5.95 Å². The van der Waals surface area contributed by atoms with Gasteiger partial charge in [-0.25, -0.2) is 13.1 Å². The Hall–Kier alpha value is -2.04. The number of hydrogen-bond donors (Lipinski definition) is 0. The van der Waals surface area contributed by atoms with Crippen LogP contribution in [0.3, 0.4) is 0 Å². The lowest BCUT2D eigenvalue weighted by Crippen LogP contribution is -2.29. The smallest absolute Gasteiger partial charge is 0.245 e. The summed E-state index contributed by atoms with van der Waals surface area (Å²) >= 11 is 0. The molecule has 2 saturated heterocycles. The Bertz CT molecular complexity index is 894. The van der Waals surface area contributed by atoms with E-state index >= 15 is 0 Å². The minimum Gasteiger partial charge on any atom is -0.346 e. The van der Waals surface area contributed by atoms with Crippen molar-refractivity contribution in [2.75, 3.05) is 43.2 Å². The number of aromatic nitrogens is 4. The Morgan fingerprint density at radius 3 is 2.85 bits per heavy atom. The van der Waals surface area contributed by atoms with Crippen LogP contribution in [0.5, 0.6) is 0 Å². The summed E-state index contributed by atoms with van der Waals surface area (Å²) in [7, 11) is -0.998. The summed E-state index contributed by atoms with van der Waals surface area (Å²) in [6.45, 7) is 2.33. The molecule has 9 nitrogen and oxygen atoms in total. The number of rotatable bonds is 6. The van der Waals surface area contributed by atoms with Crippen molar-refractivity contribution in [1.82, 2.24) is 20.2 Å². The molecule has 0 saturated carbocycles. The van der Waals surface area contributed by atoms with Crippen LogP contribution in [0.1, 0.15) is 23.8 Å². The fourth-order valence-corrected chi connectivity index (χ4v) is 5.47. The Kier molecular flexibility index (Phi) is 5.11. The Labute approximate surface area is 158 Å². The molecular formula is C17H23N5O4S. The molecule has 1 unspecified atom stereocenters. The minimum absolute atomic E-state index is 0.116. The first-order valence-corrected chi connectivity index (χ1v) is 10.8. The molecule has 0 amide bonds. The number of tetrazole rings is 1. The van der Waals surface area contributed by atoms with Crippen LogP contribution >= 0.6 is 0 Å². The Morgan fingerprint density at radius 2 is 2.11 bits per heavy atom. The molecule has 0 N–H and O–H groups in total. The summed E-state index contributed by atoms with van der Waals surface area (Å²) in [6, 6.07) is 7.98. The van der Waals surface area contributed by atoms with Gasteiger partial charge in [0.2, 0.25) is 5.95 Å². The van der Waals surface area contributed by atoms with Gasteiger partial charge in [0.05, 0.1) is 31.3 Å². The normalized spacial score (nSPS) is 22.3. The fraction of sp³-hybridized carbons (Fsp3) is 0.588. The first kappa shape index (κ1) is 18.3. The SMILES string of the molecule is CN(CC1CCS(=O)(=O)C1)c1nnnn1Cc1cccc(C2OCCO2)c1. The molecule has 1 aromatic heterocycles. The van der Waals surface area contributed by atoms with E-state index in [0.29, 0.717) is 38.7 Å². The van der Waals surface area contributed by atoms with Crippen LogP contribution in [0, 0.1) is 5.92 Å². The lowest BCUT2D eigenvalue weighted by Gasteiger charge is -2.21. The van der Waals surface area contributed by atoms with E-state index in [4.69, 9.17) is 9.47 Å². The minimum atomic E-state index is -2.89. The number of hydrogen-bond acceptors (Lipinski definition) is 8. The summed E-state index contributed by atoms with van der Waals surface area (Å²) in [4.78, 5) is 1.93. The fourth-order valence-electron chi connectivity index (χ4n) is 3.62. The average Bonchev–Trinajstić information content (AvgIpc) is 3.36. The zero-order valence-electron chi connectivity index (χ0n) is 15.2.